The molecule has 0 spiro atoms. The van der Waals surface area contributed by atoms with Gasteiger partial charge in [0.05, 0.1) is 0 Å². The fourth-order valence-electron chi connectivity index (χ4n) is 2.18. The van der Waals surface area contributed by atoms with E-state index in [2.05, 4.69) is 0 Å². The average Bonchev–Trinajstić information content (AvgIpc) is 2.86. The summed E-state index contributed by atoms with van der Waals surface area (Å²) in [5.74, 6) is -0.580. The van der Waals surface area contributed by atoms with Crippen LogP contribution in [-0.4, -0.2) is 5.11 Å². The third-order valence-corrected chi connectivity index (χ3v) is 3.28. The summed E-state index contributed by atoms with van der Waals surface area (Å²) in [6.07, 6.45) is -1.05. The van der Waals surface area contributed by atoms with Crippen LogP contribution in [0.3, 0.4) is 0 Å². The lowest BCUT2D eigenvalue weighted by Crippen LogP contribution is -1.99. The molecule has 0 saturated heterocycles. The molecule has 2 aromatic carbocycles. The first-order valence-electron chi connectivity index (χ1n) is 6.18. The SMILES string of the molecule is Cc1cc(C(O)c2cc3cccc(F)c3o2)ccc1F. The molecule has 0 radical (unpaired) electrons. The van der Waals surface area contributed by atoms with Gasteiger partial charge in [-0.2, -0.15) is 0 Å². The van der Waals surface area contributed by atoms with Gasteiger partial charge in [-0.05, 0) is 36.2 Å². The van der Waals surface area contributed by atoms with Crippen LogP contribution >= 0.6 is 0 Å². The van der Waals surface area contributed by atoms with Crippen molar-refractivity contribution in [1.29, 1.82) is 0 Å². The van der Waals surface area contributed by atoms with E-state index in [-0.39, 0.29) is 17.2 Å². The van der Waals surface area contributed by atoms with E-state index in [4.69, 9.17) is 4.42 Å². The number of hydrogen-bond donors (Lipinski definition) is 1. The molecule has 102 valence electrons. The van der Waals surface area contributed by atoms with E-state index in [9.17, 15) is 13.9 Å². The maximum Gasteiger partial charge on any atom is 0.170 e. The number of aliphatic hydroxyl groups excluding tert-OH is 1. The Morgan fingerprint density at radius 3 is 2.55 bits per heavy atom. The van der Waals surface area contributed by atoms with E-state index in [0.29, 0.717) is 16.5 Å². The van der Waals surface area contributed by atoms with Crippen molar-refractivity contribution in [2.24, 2.45) is 0 Å². The first-order valence-corrected chi connectivity index (χ1v) is 6.18. The number of fused-ring (bicyclic) bond motifs is 1. The fraction of sp³-hybridized carbons (Fsp3) is 0.125. The van der Waals surface area contributed by atoms with Crippen molar-refractivity contribution < 1.29 is 18.3 Å². The molecule has 0 fully saturated rings. The number of aryl methyl sites for hydroxylation is 1. The number of hydrogen-bond acceptors (Lipinski definition) is 2. The number of para-hydroxylation sites is 1. The van der Waals surface area contributed by atoms with Crippen LogP contribution in [0.4, 0.5) is 8.78 Å². The van der Waals surface area contributed by atoms with E-state index < -0.39 is 11.9 Å². The summed E-state index contributed by atoms with van der Waals surface area (Å²) < 4.78 is 32.2. The van der Waals surface area contributed by atoms with Crippen molar-refractivity contribution in [3.63, 3.8) is 0 Å². The third kappa shape index (κ3) is 2.08. The van der Waals surface area contributed by atoms with Gasteiger partial charge in [0.15, 0.2) is 11.4 Å². The summed E-state index contributed by atoms with van der Waals surface area (Å²) in [5.41, 5.74) is 1.05. The standard InChI is InChI=1S/C16H12F2O2/c1-9-7-10(5-6-12(9)17)15(19)14-8-11-3-2-4-13(18)16(11)20-14/h2-8,15,19H,1H3. The van der Waals surface area contributed by atoms with E-state index in [1.807, 2.05) is 0 Å². The van der Waals surface area contributed by atoms with Gasteiger partial charge in [0.2, 0.25) is 0 Å². The molecule has 3 rings (SSSR count). The second kappa shape index (κ2) is 4.72. The summed E-state index contributed by atoms with van der Waals surface area (Å²) in [4.78, 5) is 0. The smallest absolute Gasteiger partial charge is 0.170 e. The lowest BCUT2D eigenvalue weighted by atomic mass is 10.0. The molecule has 4 heteroatoms. The Hall–Kier alpha value is -2.20. The maximum absolute atomic E-state index is 13.6. The van der Waals surface area contributed by atoms with Gasteiger partial charge in [-0.3, -0.25) is 0 Å². The maximum atomic E-state index is 13.6. The Morgan fingerprint density at radius 2 is 1.85 bits per heavy atom. The Bertz CT molecular complexity index is 777. The largest absolute Gasteiger partial charge is 0.455 e. The van der Waals surface area contributed by atoms with Crippen molar-refractivity contribution in [2.45, 2.75) is 13.0 Å². The number of halogens is 2. The van der Waals surface area contributed by atoms with Crippen molar-refractivity contribution in [1.82, 2.24) is 0 Å². The monoisotopic (exact) mass is 274 g/mol. The first-order chi connectivity index (χ1) is 9.56. The van der Waals surface area contributed by atoms with Gasteiger partial charge >= 0.3 is 0 Å². The Balaban J connectivity index is 2.05. The highest BCUT2D eigenvalue weighted by molar-refractivity contribution is 5.78. The summed E-state index contributed by atoms with van der Waals surface area (Å²) in [7, 11) is 0. The van der Waals surface area contributed by atoms with E-state index in [1.165, 1.54) is 18.2 Å². The highest BCUT2D eigenvalue weighted by Gasteiger charge is 2.17. The van der Waals surface area contributed by atoms with Crippen LogP contribution in [0.5, 0.6) is 0 Å². The van der Waals surface area contributed by atoms with Gasteiger partial charge in [0.25, 0.3) is 0 Å². The van der Waals surface area contributed by atoms with Gasteiger partial charge in [-0.25, -0.2) is 8.78 Å². The lowest BCUT2D eigenvalue weighted by Gasteiger charge is -2.09. The van der Waals surface area contributed by atoms with Crippen LogP contribution in [0.15, 0.2) is 46.9 Å². The summed E-state index contributed by atoms with van der Waals surface area (Å²) in [5, 5.41) is 10.8. The van der Waals surface area contributed by atoms with E-state index in [0.717, 1.165) is 0 Å². The lowest BCUT2D eigenvalue weighted by molar-refractivity contribution is 0.191. The number of benzene rings is 2. The summed E-state index contributed by atoms with van der Waals surface area (Å²) >= 11 is 0. The molecule has 0 bridgehead atoms. The number of aliphatic hydroxyl groups is 1. The predicted octanol–water partition coefficient (Wildman–Crippen LogP) is 4.10. The molecule has 1 unspecified atom stereocenters. The van der Waals surface area contributed by atoms with Crippen molar-refractivity contribution in [2.75, 3.05) is 0 Å². The third-order valence-electron chi connectivity index (χ3n) is 3.28. The van der Waals surface area contributed by atoms with Crippen LogP contribution in [0.1, 0.15) is 23.0 Å². The molecule has 1 N–H and O–H groups in total. The number of furan rings is 1. The topological polar surface area (TPSA) is 33.4 Å². The van der Waals surface area contributed by atoms with Gasteiger partial charge < -0.3 is 9.52 Å². The Labute approximate surface area is 114 Å². The summed E-state index contributed by atoms with van der Waals surface area (Å²) in [6.45, 7) is 1.61. The second-order valence-electron chi connectivity index (χ2n) is 4.72. The van der Waals surface area contributed by atoms with E-state index in [1.54, 1.807) is 31.2 Å². The minimum Gasteiger partial charge on any atom is -0.455 e. The quantitative estimate of drug-likeness (QED) is 0.763. The summed E-state index contributed by atoms with van der Waals surface area (Å²) in [6, 6.07) is 10.5. The molecule has 0 amide bonds. The van der Waals surface area contributed by atoms with Crippen molar-refractivity contribution in [3.05, 3.63) is 71.0 Å². The minimum atomic E-state index is -1.05. The fourth-order valence-corrected chi connectivity index (χ4v) is 2.18. The first kappa shape index (κ1) is 12.8. The molecule has 0 aliphatic carbocycles. The minimum absolute atomic E-state index is 0.111. The predicted molar refractivity (Wildman–Crippen MR) is 71.4 cm³/mol. The van der Waals surface area contributed by atoms with Crippen LogP contribution in [0, 0.1) is 18.6 Å². The second-order valence-corrected chi connectivity index (χ2v) is 4.72. The van der Waals surface area contributed by atoms with Gasteiger partial charge in [-0.1, -0.05) is 24.3 Å². The van der Waals surface area contributed by atoms with Gasteiger partial charge in [-0.15, -0.1) is 0 Å². The molecular weight excluding hydrogens is 262 g/mol. The zero-order valence-corrected chi connectivity index (χ0v) is 10.7. The molecule has 2 nitrogen and oxygen atoms in total. The van der Waals surface area contributed by atoms with Crippen LogP contribution in [0.25, 0.3) is 11.0 Å². The van der Waals surface area contributed by atoms with Crippen molar-refractivity contribution >= 4 is 11.0 Å². The highest BCUT2D eigenvalue weighted by atomic mass is 19.1. The molecule has 1 atom stereocenters. The molecule has 0 aliphatic heterocycles. The Kier molecular flexibility index (Phi) is 3.03. The highest BCUT2D eigenvalue weighted by Crippen LogP contribution is 2.30. The van der Waals surface area contributed by atoms with Crippen molar-refractivity contribution in [3.8, 4) is 0 Å². The molecule has 20 heavy (non-hydrogen) atoms. The molecule has 1 aromatic heterocycles. The molecule has 3 aromatic rings. The molecule has 0 saturated carbocycles. The molecule has 0 aliphatic rings. The van der Waals surface area contributed by atoms with Gasteiger partial charge in [0, 0.05) is 5.39 Å². The zero-order chi connectivity index (χ0) is 14.3. The van der Waals surface area contributed by atoms with Crippen LogP contribution in [-0.2, 0) is 0 Å². The van der Waals surface area contributed by atoms with Crippen LogP contribution in [0.2, 0.25) is 0 Å². The zero-order valence-electron chi connectivity index (χ0n) is 10.7. The van der Waals surface area contributed by atoms with Crippen LogP contribution < -0.4 is 0 Å². The normalized spacial score (nSPS) is 12.8. The number of rotatable bonds is 2. The van der Waals surface area contributed by atoms with E-state index >= 15 is 0 Å². The average molecular weight is 274 g/mol. The van der Waals surface area contributed by atoms with Gasteiger partial charge in [0.1, 0.15) is 17.7 Å². The molecule has 1 heterocycles. The Morgan fingerprint density at radius 1 is 1.05 bits per heavy atom. The molecular formula is C16H12F2O2.